The van der Waals surface area contributed by atoms with Crippen LogP contribution >= 0.6 is 0 Å². The smallest absolute Gasteiger partial charge is 0.310 e. The highest BCUT2D eigenvalue weighted by molar-refractivity contribution is 5.81. The lowest BCUT2D eigenvalue weighted by Gasteiger charge is -2.26. The van der Waals surface area contributed by atoms with Crippen LogP contribution in [-0.4, -0.2) is 36.5 Å². The summed E-state index contributed by atoms with van der Waals surface area (Å²) in [6, 6.07) is 9.39. The number of amides is 1. The predicted octanol–water partition coefficient (Wildman–Crippen LogP) is 1.78. The molecule has 0 spiro atoms. The highest BCUT2D eigenvalue weighted by Gasteiger charge is 2.17. The number of carbonyl (C=O) groups excluding carboxylic acids is 2. The van der Waals surface area contributed by atoms with Crippen LogP contribution in [0.15, 0.2) is 30.3 Å². The average Bonchev–Trinajstić information content (AvgIpc) is 2.47. The number of likely N-dealkylation sites (tertiary alicyclic amines) is 1. The first-order valence-corrected chi connectivity index (χ1v) is 6.73. The van der Waals surface area contributed by atoms with Crippen molar-refractivity contribution in [3.8, 4) is 0 Å². The van der Waals surface area contributed by atoms with Crippen molar-refractivity contribution in [2.45, 2.75) is 25.7 Å². The maximum Gasteiger partial charge on any atom is 0.310 e. The van der Waals surface area contributed by atoms with E-state index in [1.165, 1.54) is 6.42 Å². The summed E-state index contributed by atoms with van der Waals surface area (Å²) >= 11 is 0. The highest BCUT2D eigenvalue weighted by Crippen LogP contribution is 2.09. The van der Waals surface area contributed by atoms with E-state index in [2.05, 4.69) is 0 Å². The molecule has 1 aromatic carbocycles. The van der Waals surface area contributed by atoms with Gasteiger partial charge in [-0.15, -0.1) is 0 Å². The van der Waals surface area contributed by atoms with Gasteiger partial charge in [0.05, 0.1) is 6.42 Å². The first-order chi connectivity index (χ1) is 9.25. The molecule has 0 bridgehead atoms. The second-order valence-corrected chi connectivity index (χ2v) is 4.76. The molecule has 1 aliphatic heterocycles. The summed E-state index contributed by atoms with van der Waals surface area (Å²) in [4.78, 5) is 25.2. The Bertz CT molecular complexity index is 424. The fourth-order valence-corrected chi connectivity index (χ4v) is 2.19. The minimum atomic E-state index is -0.350. The maximum absolute atomic E-state index is 11.8. The molecule has 1 aliphatic rings. The number of hydrogen-bond donors (Lipinski definition) is 0. The van der Waals surface area contributed by atoms with Crippen molar-refractivity contribution in [2.75, 3.05) is 19.7 Å². The number of benzene rings is 1. The van der Waals surface area contributed by atoms with Crippen LogP contribution in [0.25, 0.3) is 0 Å². The Hall–Kier alpha value is -1.84. The normalized spacial score (nSPS) is 15.1. The molecule has 1 saturated heterocycles. The second-order valence-electron chi connectivity index (χ2n) is 4.76. The summed E-state index contributed by atoms with van der Waals surface area (Å²) in [5.41, 5.74) is 0.901. The fourth-order valence-electron chi connectivity index (χ4n) is 2.19. The molecule has 1 fully saturated rings. The summed E-state index contributed by atoms with van der Waals surface area (Å²) in [5, 5.41) is 0. The number of carbonyl (C=O) groups is 2. The first kappa shape index (κ1) is 13.6. The third kappa shape index (κ3) is 4.39. The van der Waals surface area contributed by atoms with Gasteiger partial charge >= 0.3 is 5.97 Å². The Morgan fingerprint density at radius 2 is 1.74 bits per heavy atom. The van der Waals surface area contributed by atoms with Gasteiger partial charge in [0, 0.05) is 13.1 Å². The minimum absolute atomic E-state index is 0.0823. The Morgan fingerprint density at radius 3 is 2.42 bits per heavy atom. The molecular weight excluding hydrogens is 242 g/mol. The van der Waals surface area contributed by atoms with E-state index >= 15 is 0 Å². The van der Waals surface area contributed by atoms with E-state index in [4.69, 9.17) is 4.74 Å². The van der Waals surface area contributed by atoms with Crippen LogP contribution in [0.2, 0.25) is 0 Å². The molecule has 4 heteroatoms. The SMILES string of the molecule is O=C(Cc1ccccc1)OCC(=O)N1CCCCC1. The van der Waals surface area contributed by atoms with Crippen LogP contribution in [0.5, 0.6) is 0 Å². The quantitative estimate of drug-likeness (QED) is 0.776. The second kappa shape index (κ2) is 6.92. The van der Waals surface area contributed by atoms with Crippen molar-refractivity contribution in [3.63, 3.8) is 0 Å². The molecule has 0 radical (unpaired) electrons. The lowest BCUT2D eigenvalue weighted by Crippen LogP contribution is -2.38. The van der Waals surface area contributed by atoms with Gasteiger partial charge in [-0.2, -0.15) is 0 Å². The Morgan fingerprint density at radius 1 is 1.05 bits per heavy atom. The van der Waals surface area contributed by atoms with Crippen LogP contribution < -0.4 is 0 Å². The van der Waals surface area contributed by atoms with E-state index in [0.29, 0.717) is 0 Å². The van der Waals surface area contributed by atoms with Gasteiger partial charge in [-0.1, -0.05) is 30.3 Å². The van der Waals surface area contributed by atoms with Gasteiger partial charge < -0.3 is 9.64 Å². The van der Waals surface area contributed by atoms with E-state index in [0.717, 1.165) is 31.5 Å². The van der Waals surface area contributed by atoms with Crippen molar-refractivity contribution in [2.24, 2.45) is 0 Å². The van der Waals surface area contributed by atoms with Gasteiger partial charge in [0.1, 0.15) is 0 Å². The van der Waals surface area contributed by atoms with Crippen LogP contribution in [0.3, 0.4) is 0 Å². The molecule has 0 N–H and O–H groups in total. The zero-order chi connectivity index (χ0) is 13.5. The van der Waals surface area contributed by atoms with E-state index in [1.807, 2.05) is 30.3 Å². The molecule has 0 atom stereocenters. The van der Waals surface area contributed by atoms with Crippen LogP contribution in [0.1, 0.15) is 24.8 Å². The fraction of sp³-hybridized carbons (Fsp3) is 0.467. The van der Waals surface area contributed by atoms with Crippen LogP contribution in [0.4, 0.5) is 0 Å². The van der Waals surface area contributed by atoms with E-state index < -0.39 is 0 Å². The number of esters is 1. The number of piperidine rings is 1. The average molecular weight is 261 g/mol. The Balaban J connectivity index is 1.72. The number of hydrogen-bond acceptors (Lipinski definition) is 3. The minimum Gasteiger partial charge on any atom is -0.455 e. The Kier molecular flexibility index (Phi) is 4.95. The van der Waals surface area contributed by atoms with Crippen LogP contribution in [0, 0.1) is 0 Å². The van der Waals surface area contributed by atoms with Crippen molar-refractivity contribution >= 4 is 11.9 Å². The largest absolute Gasteiger partial charge is 0.455 e. The summed E-state index contributed by atoms with van der Waals surface area (Å²) in [6.45, 7) is 1.44. The zero-order valence-electron chi connectivity index (χ0n) is 11.0. The van der Waals surface area contributed by atoms with Crippen molar-refractivity contribution in [1.82, 2.24) is 4.90 Å². The van der Waals surface area contributed by atoms with Crippen LogP contribution in [-0.2, 0) is 20.7 Å². The molecule has 1 heterocycles. The van der Waals surface area contributed by atoms with E-state index in [1.54, 1.807) is 4.90 Å². The summed E-state index contributed by atoms with van der Waals surface area (Å²) < 4.78 is 5.03. The highest BCUT2D eigenvalue weighted by atomic mass is 16.5. The lowest BCUT2D eigenvalue weighted by atomic mass is 10.1. The number of nitrogens with zero attached hydrogens (tertiary/aromatic N) is 1. The van der Waals surface area contributed by atoms with Crippen molar-refractivity contribution in [3.05, 3.63) is 35.9 Å². The zero-order valence-corrected chi connectivity index (χ0v) is 11.0. The first-order valence-electron chi connectivity index (χ1n) is 6.73. The van der Waals surface area contributed by atoms with E-state index in [-0.39, 0.29) is 24.9 Å². The topological polar surface area (TPSA) is 46.6 Å². The molecule has 102 valence electrons. The third-order valence-corrected chi connectivity index (χ3v) is 3.26. The maximum atomic E-state index is 11.8. The molecule has 19 heavy (non-hydrogen) atoms. The number of rotatable bonds is 4. The number of ether oxygens (including phenoxy) is 1. The molecule has 0 aromatic heterocycles. The van der Waals surface area contributed by atoms with E-state index in [9.17, 15) is 9.59 Å². The Labute approximate surface area is 113 Å². The molecule has 1 aromatic rings. The molecule has 4 nitrogen and oxygen atoms in total. The van der Waals surface area contributed by atoms with Gasteiger partial charge in [0.2, 0.25) is 0 Å². The predicted molar refractivity (Wildman–Crippen MR) is 71.5 cm³/mol. The van der Waals surface area contributed by atoms with Crippen molar-refractivity contribution < 1.29 is 14.3 Å². The van der Waals surface area contributed by atoms with Gasteiger partial charge in [0.25, 0.3) is 5.91 Å². The third-order valence-electron chi connectivity index (χ3n) is 3.26. The summed E-state index contributed by atoms with van der Waals surface area (Å²) in [5.74, 6) is -0.433. The molecule has 2 rings (SSSR count). The van der Waals surface area contributed by atoms with Gasteiger partial charge in [-0.3, -0.25) is 9.59 Å². The molecule has 0 unspecified atom stereocenters. The molecular formula is C15H19NO3. The molecule has 0 aliphatic carbocycles. The van der Waals surface area contributed by atoms with Gasteiger partial charge in [-0.25, -0.2) is 0 Å². The lowest BCUT2D eigenvalue weighted by molar-refractivity contribution is -0.151. The van der Waals surface area contributed by atoms with Crippen molar-refractivity contribution in [1.29, 1.82) is 0 Å². The molecule has 1 amide bonds. The van der Waals surface area contributed by atoms with Gasteiger partial charge in [-0.05, 0) is 24.8 Å². The molecule has 0 saturated carbocycles. The monoisotopic (exact) mass is 261 g/mol. The van der Waals surface area contributed by atoms with Gasteiger partial charge in [0.15, 0.2) is 6.61 Å². The standard InChI is InChI=1S/C15H19NO3/c17-14(16-9-5-2-6-10-16)12-19-15(18)11-13-7-3-1-4-8-13/h1,3-4,7-8H,2,5-6,9-12H2. The summed E-state index contributed by atoms with van der Waals surface area (Å²) in [6.07, 6.45) is 3.49. The summed E-state index contributed by atoms with van der Waals surface area (Å²) in [7, 11) is 0.